The number of carbonyl (C=O) groups is 1. The third kappa shape index (κ3) is 4.23. The summed E-state index contributed by atoms with van der Waals surface area (Å²) < 4.78 is 7.50. The number of hydrogen-bond acceptors (Lipinski definition) is 5. The summed E-state index contributed by atoms with van der Waals surface area (Å²) in [5, 5.41) is 4.81. The lowest BCUT2D eigenvalue weighted by Gasteiger charge is -2.05. The van der Waals surface area contributed by atoms with Crippen LogP contribution in [0.3, 0.4) is 0 Å². The maximum Gasteiger partial charge on any atom is 0.250 e. The fraction of sp³-hybridized carbons (Fsp3) is 0.211. The van der Waals surface area contributed by atoms with Gasteiger partial charge in [0.1, 0.15) is 5.75 Å². The minimum atomic E-state index is -0.188. The number of fused-ring (bicyclic) bond motifs is 1. The van der Waals surface area contributed by atoms with Crippen LogP contribution in [0.1, 0.15) is 12.5 Å². The van der Waals surface area contributed by atoms with Crippen molar-refractivity contribution in [3.63, 3.8) is 0 Å². The number of para-hydroxylation sites is 3. The first-order valence-electron chi connectivity index (χ1n) is 8.27. The summed E-state index contributed by atoms with van der Waals surface area (Å²) in [4.78, 5) is 16.6. The van der Waals surface area contributed by atoms with Crippen LogP contribution in [0.4, 0.5) is 0 Å². The van der Waals surface area contributed by atoms with Gasteiger partial charge in [0.2, 0.25) is 0 Å². The predicted octanol–water partition coefficient (Wildman–Crippen LogP) is 3.21. The first-order chi connectivity index (χ1) is 12.7. The summed E-state index contributed by atoms with van der Waals surface area (Å²) >= 11 is 1.38. The van der Waals surface area contributed by atoms with Gasteiger partial charge in [-0.2, -0.15) is 5.10 Å². The van der Waals surface area contributed by atoms with E-state index in [1.54, 1.807) is 6.21 Å². The summed E-state index contributed by atoms with van der Waals surface area (Å²) in [5.74, 6) is 0.788. The summed E-state index contributed by atoms with van der Waals surface area (Å²) in [7, 11) is 1.94. The van der Waals surface area contributed by atoms with Crippen LogP contribution in [0.25, 0.3) is 11.0 Å². The molecule has 0 saturated carbocycles. The van der Waals surface area contributed by atoms with Crippen molar-refractivity contribution in [1.82, 2.24) is 15.0 Å². The molecule has 1 heterocycles. The quantitative estimate of drug-likeness (QED) is 0.395. The number of imidazole rings is 1. The average molecular weight is 368 g/mol. The highest BCUT2D eigenvalue weighted by atomic mass is 32.2. The van der Waals surface area contributed by atoms with Crippen LogP contribution in [0, 0.1) is 0 Å². The van der Waals surface area contributed by atoms with Crippen molar-refractivity contribution < 1.29 is 9.53 Å². The van der Waals surface area contributed by atoms with Crippen molar-refractivity contribution in [3.8, 4) is 5.75 Å². The molecule has 6 nitrogen and oxygen atoms in total. The maximum absolute atomic E-state index is 12.0. The first-order valence-corrected chi connectivity index (χ1v) is 9.25. The summed E-state index contributed by atoms with van der Waals surface area (Å²) in [6.45, 7) is 2.50. The number of carbonyl (C=O) groups excluding carboxylic acids is 1. The Kier molecular flexibility index (Phi) is 5.91. The van der Waals surface area contributed by atoms with Gasteiger partial charge in [0.25, 0.3) is 5.91 Å². The van der Waals surface area contributed by atoms with Gasteiger partial charge in [-0.1, -0.05) is 36.0 Å². The SMILES string of the molecule is CCOc1ccccc1C=NNC(=O)CSc1nc2ccccc2n1C. The van der Waals surface area contributed by atoms with E-state index in [0.29, 0.717) is 6.61 Å². The van der Waals surface area contributed by atoms with Gasteiger partial charge >= 0.3 is 0 Å². The van der Waals surface area contributed by atoms with Gasteiger partial charge in [-0.15, -0.1) is 0 Å². The minimum Gasteiger partial charge on any atom is -0.493 e. The number of benzene rings is 2. The Morgan fingerprint density at radius 1 is 1.27 bits per heavy atom. The predicted molar refractivity (Wildman–Crippen MR) is 105 cm³/mol. The summed E-state index contributed by atoms with van der Waals surface area (Å²) in [6, 6.07) is 15.4. The molecule has 26 heavy (non-hydrogen) atoms. The van der Waals surface area contributed by atoms with Crippen LogP contribution in [-0.4, -0.2) is 34.0 Å². The van der Waals surface area contributed by atoms with E-state index in [-0.39, 0.29) is 11.7 Å². The van der Waals surface area contributed by atoms with Crippen LogP contribution in [0.15, 0.2) is 58.8 Å². The Labute approximate surface area is 156 Å². The molecule has 0 aliphatic heterocycles. The zero-order chi connectivity index (χ0) is 18.4. The molecule has 0 spiro atoms. The van der Waals surface area contributed by atoms with Crippen molar-refractivity contribution in [2.24, 2.45) is 12.1 Å². The van der Waals surface area contributed by atoms with Crippen molar-refractivity contribution >= 4 is 34.9 Å². The van der Waals surface area contributed by atoms with Crippen molar-refractivity contribution in [2.45, 2.75) is 12.1 Å². The van der Waals surface area contributed by atoms with E-state index in [9.17, 15) is 4.79 Å². The minimum absolute atomic E-state index is 0.188. The Bertz CT molecular complexity index is 936. The van der Waals surface area contributed by atoms with E-state index in [0.717, 1.165) is 27.5 Å². The molecule has 0 unspecified atom stereocenters. The highest BCUT2D eigenvalue weighted by Gasteiger charge is 2.09. The van der Waals surface area contributed by atoms with E-state index >= 15 is 0 Å². The smallest absolute Gasteiger partial charge is 0.250 e. The molecule has 134 valence electrons. The number of hydrazone groups is 1. The van der Waals surface area contributed by atoms with Crippen LogP contribution in [0.2, 0.25) is 0 Å². The molecule has 1 amide bonds. The molecule has 1 aromatic heterocycles. The Hall–Kier alpha value is -2.80. The monoisotopic (exact) mass is 368 g/mol. The van der Waals surface area contributed by atoms with Crippen molar-refractivity contribution in [3.05, 3.63) is 54.1 Å². The standard InChI is InChI=1S/C19H20N4O2S/c1-3-25-17-11-7-4-8-14(17)12-20-22-18(24)13-26-19-21-15-9-5-6-10-16(15)23(19)2/h4-12H,3,13H2,1-2H3,(H,22,24). The number of nitrogens with one attached hydrogen (secondary N) is 1. The lowest BCUT2D eigenvalue weighted by atomic mass is 10.2. The zero-order valence-corrected chi connectivity index (χ0v) is 15.5. The van der Waals surface area contributed by atoms with E-state index in [1.807, 2.05) is 67.1 Å². The molecule has 0 radical (unpaired) electrons. The molecule has 0 fully saturated rings. The fourth-order valence-corrected chi connectivity index (χ4v) is 3.24. The van der Waals surface area contributed by atoms with E-state index in [1.165, 1.54) is 11.8 Å². The second kappa shape index (κ2) is 8.53. The Balaban J connectivity index is 1.57. The van der Waals surface area contributed by atoms with E-state index < -0.39 is 0 Å². The van der Waals surface area contributed by atoms with Gasteiger partial charge in [0.05, 0.1) is 29.6 Å². The number of hydrogen-bond donors (Lipinski definition) is 1. The van der Waals surface area contributed by atoms with Gasteiger partial charge in [-0.05, 0) is 31.2 Å². The molecule has 0 atom stereocenters. The van der Waals surface area contributed by atoms with E-state index in [4.69, 9.17) is 4.74 Å². The number of aryl methyl sites for hydroxylation is 1. The zero-order valence-electron chi connectivity index (χ0n) is 14.7. The van der Waals surface area contributed by atoms with Gasteiger partial charge in [-0.3, -0.25) is 4.79 Å². The molecule has 0 aliphatic rings. The largest absolute Gasteiger partial charge is 0.493 e. The molecular formula is C19H20N4O2S. The second-order valence-electron chi connectivity index (χ2n) is 5.49. The van der Waals surface area contributed by atoms with Crippen molar-refractivity contribution in [2.75, 3.05) is 12.4 Å². The van der Waals surface area contributed by atoms with Crippen LogP contribution >= 0.6 is 11.8 Å². The highest BCUT2D eigenvalue weighted by molar-refractivity contribution is 7.99. The van der Waals surface area contributed by atoms with Gasteiger partial charge in [-0.25, -0.2) is 10.4 Å². The third-order valence-electron chi connectivity index (χ3n) is 3.69. The second-order valence-corrected chi connectivity index (χ2v) is 6.44. The number of ether oxygens (including phenoxy) is 1. The van der Waals surface area contributed by atoms with Gasteiger partial charge in [0.15, 0.2) is 5.16 Å². The third-order valence-corrected chi connectivity index (χ3v) is 4.72. The molecule has 0 aliphatic carbocycles. The van der Waals surface area contributed by atoms with Gasteiger partial charge in [0, 0.05) is 12.6 Å². The molecule has 7 heteroatoms. The van der Waals surface area contributed by atoms with Crippen molar-refractivity contribution in [1.29, 1.82) is 0 Å². The maximum atomic E-state index is 12.0. The lowest BCUT2D eigenvalue weighted by Crippen LogP contribution is -2.20. The normalized spacial score (nSPS) is 11.2. The molecule has 2 aromatic carbocycles. The summed E-state index contributed by atoms with van der Waals surface area (Å²) in [6.07, 6.45) is 1.59. The number of thioether (sulfide) groups is 1. The average Bonchev–Trinajstić information content (AvgIpc) is 2.98. The number of nitrogens with zero attached hydrogens (tertiary/aromatic N) is 3. The first kappa shape index (κ1) is 18.0. The number of rotatable bonds is 7. The van der Waals surface area contributed by atoms with Gasteiger partial charge < -0.3 is 9.30 Å². The number of aromatic nitrogens is 2. The van der Waals surface area contributed by atoms with Crippen LogP contribution in [0.5, 0.6) is 5.75 Å². The molecule has 1 N–H and O–H groups in total. The molecule has 0 saturated heterocycles. The highest BCUT2D eigenvalue weighted by Crippen LogP contribution is 2.22. The summed E-state index contributed by atoms with van der Waals surface area (Å²) in [5.41, 5.74) is 5.32. The topological polar surface area (TPSA) is 68.5 Å². The Morgan fingerprint density at radius 3 is 2.85 bits per heavy atom. The molecule has 3 aromatic rings. The lowest BCUT2D eigenvalue weighted by molar-refractivity contribution is -0.118. The fourth-order valence-electron chi connectivity index (χ4n) is 2.46. The molecule has 0 bridgehead atoms. The Morgan fingerprint density at radius 2 is 2.04 bits per heavy atom. The van der Waals surface area contributed by atoms with E-state index in [2.05, 4.69) is 15.5 Å². The molecular weight excluding hydrogens is 348 g/mol. The van der Waals surface area contributed by atoms with Crippen LogP contribution < -0.4 is 10.2 Å². The molecule has 3 rings (SSSR count). The van der Waals surface area contributed by atoms with Crippen LogP contribution in [-0.2, 0) is 11.8 Å². The number of amides is 1.